The van der Waals surface area contributed by atoms with Crippen LogP contribution in [0.3, 0.4) is 0 Å². The minimum Gasteiger partial charge on any atom is -0.493 e. The van der Waals surface area contributed by atoms with Crippen LogP contribution >= 0.6 is 0 Å². The molecule has 0 N–H and O–H groups in total. The Morgan fingerprint density at radius 2 is 1.69 bits per heavy atom. The lowest BCUT2D eigenvalue weighted by Gasteiger charge is -2.19. The monoisotopic (exact) mass is 469 g/mol. The molecule has 1 fully saturated rings. The fourth-order valence-electron chi connectivity index (χ4n) is 4.91. The van der Waals surface area contributed by atoms with Gasteiger partial charge in [-0.1, -0.05) is 42.5 Å². The molecule has 1 unspecified atom stereocenters. The minimum atomic E-state index is 0.0688. The minimum absolute atomic E-state index is 0.0688. The molecule has 4 aromatic rings. The van der Waals surface area contributed by atoms with Crippen molar-refractivity contribution in [3.63, 3.8) is 0 Å². The number of para-hydroxylation sites is 5. The van der Waals surface area contributed by atoms with Gasteiger partial charge in [0.15, 0.2) is 11.5 Å². The van der Waals surface area contributed by atoms with Gasteiger partial charge in [0.2, 0.25) is 5.91 Å². The topological polar surface area (TPSA) is 56.6 Å². The van der Waals surface area contributed by atoms with Crippen LogP contribution < -0.4 is 14.4 Å². The summed E-state index contributed by atoms with van der Waals surface area (Å²) in [5, 5.41) is 0. The number of fused-ring (bicyclic) bond motifs is 1. The Hall–Kier alpha value is -3.80. The van der Waals surface area contributed by atoms with Gasteiger partial charge >= 0.3 is 0 Å². The number of imidazole rings is 1. The van der Waals surface area contributed by atoms with Gasteiger partial charge in [-0.2, -0.15) is 0 Å². The number of aromatic nitrogens is 2. The van der Waals surface area contributed by atoms with E-state index in [-0.39, 0.29) is 11.8 Å². The molecule has 1 saturated heterocycles. The predicted octanol–water partition coefficient (Wildman–Crippen LogP) is 5.73. The van der Waals surface area contributed by atoms with Crippen molar-refractivity contribution >= 4 is 22.6 Å². The Balaban J connectivity index is 1.30. The average Bonchev–Trinajstić information content (AvgIpc) is 3.45. The highest BCUT2D eigenvalue weighted by atomic mass is 16.5. The number of benzene rings is 3. The lowest BCUT2D eigenvalue weighted by Crippen LogP contribution is -2.25. The maximum absolute atomic E-state index is 13.0. The molecule has 0 radical (unpaired) electrons. The zero-order valence-corrected chi connectivity index (χ0v) is 20.3. The molecule has 5 rings (SSSR count). The Labute approximate surface area is 206 Å². The van der Waals surface area contributed by atoms with E-state index in [1.54, 1.807) is 7.11 Å². The number of rotatable bonds is 9. The smallest absolute Gasteiger partial charge is 0.227 e. The highest BCUT2D eigenvalue weighted by molar-refractivity contribution is 5.97. The van der Waals surface area contributed by atoms with Gasteiger partial charge in [-0.15, -0.1) is 0 Å². The molecule has 1 aliphatic rings. The van der Waals surface area contributed by atoms with Crippen molar-refractivity contribution in [3.8, 4) is 11.5 Å². The summed E-state index contributed by atoms with van der Waals surface area (Å²) in [6.07, 6.45) is 2.34. The summed E-state index contributed by atoms with van der Waals surface area (Å²) in [6, 6.07) is 24.0. The van der Waals surface area contributed by atoms with Crippen LogP contribution in [0.15, 0.2) is 72.8 Å². The summed E-state index contributed by atoms with van der Waals surface area (Å²) in [5.74, 6) is 2.75. The van der Waals surface area contributed by atoms with E-state index in [1.807, 2.05) is 53.4 Å². The number of carbonyl (C=O) groups excluding carboxylic acids is 1. The molecule has 180 valence electrons. The van der Waals surface area contributed by atoms with Crippen molar-refractivity contribution in [2.24, 2.45) is 0 Å². The number of hydrogen-bond acceptors (Lipinski definition) is 4. The van der Waals surface area contributed by atoms with Crippen LogP contribution in [0.4, 0.5) is 5.69 Å². The molecule has 0 aliphatic carbocycles. The van der Waals surface area contributed by atoms with E-state index >= 15 is 0 Å². The molecule has 1 aliphatic heterocycles. The van der Waals surface area contributed by atoms with Crippen LogP contribution in [0.5, 0.6) is 11.5 Å². The Kier molecular flexibility index (Phi) is 6.70. The van der Waals surface area contributed by atoms with Gasteiger partial charge in [0.25, 0.3) is 0 Å². The molecule has 0 saturated carbocycles. The average molecular weight is 470 g/mol. The number of ether oxygens (including phenoxy) is 2. The van der Waals surface area contributed by atoms with Crippen molar-refractivity contribution in [3.05, 3.63) is 84.2 Å². The third-order valence-corrected chi connectivity index (χ3v) is 6.68. The summed E-state index contributed by atoms with van der Waals surface area (Å²) in [4.78, 5) is 19.9. The van der Waals surface area contributed by atoms with Crippen LogP contribution in [0, 0.1) is 6.92 Å². The maximum Gasteiger partial charge on any atom is 0.227 e. The number of unbranched alkanes of at least 4 members (excludes halogenated alkanes) is 1. The second-order valence-electron chi connectivity index (χ2n) is 9.01. The van der Waals surface area contributed by atoms with Gasteiger partial charge in [-0.3, -0.25) is 4.79 Å². The van der Waals surface area contributed by atoms with Crippen molar-refractivity contribution in [2.75, 3.05) is 25.2 Å². The lowest BCUT2D eigenvalue weighted by molar-refractivity contribution is -0.117. The number of nitrogens with zero attached hydrogens (tertiary/aromatic N) is 3. The standard InChI is InChI=1S/C29H31N3O3/c1-21-11-3-5-13-24(21)32-20-22(19-28(32)33)29-30-23-12-4-6-14-25(23)31(29)17-9-10-18-35-27-16-8-7-15-26(27)34-2/h3-8,11-16,22H,9-10,17-20H2,1-2H3. The fraction of sp³-hybridized carbons (Fsp3) is 0.310. The first-order chi connectivity index (χ1) is 17.2. The van der Waals surface area contributed by atoms with Gasteiger partial charge in [0.05, 0.1) is 24.8 Å². The van der Waals surface area contributed by atoms with Crippen LogP contribution in [-0.4, -0.2) is 35.7 Å². The molecule has 2 heterocycles. The molecule has 1 aromatic heterocycles. The van der Waals surface area contributed by atoms with E-state index in [2.05, 4.69) is 35.8 Å². The van der Waals surface area contributed by atoms with Crippen molar-refractivity contribution in [2.45, 2.75) is 38.6 Å². The second-order valence-corrected chi connectivity index (χ2v) is 9.01. The number of anilines is 1. The van der Waals surface area contributed by atoms with Crippen LogP contribution in [0.1, 0.15) is 36.6 Å². The highest BCUT2D eigenvalue weighted by Crippen LogP contribution is 2.34. The second kappa shape index (κ2) is 10.2. The molecular formula is C29H31N3O3. The quantitative estimate of drug-likeness (QED) is 0.294. The zero-order chi connectivity index (χ0) is 24.2. The fourth-order valence-corrected chi connectivity index (χ4v) is 4.91. The Morgan fingerprint density at radius 3 is 2.51 bits per heavy atom. The van der Waals surface area contributed by atoms with E-state index in [9.17, 15) is 4.79 Å². The number of carbonyl (C=O) groups is 1. The summed E-state index contributed by atoms with van der Waals surface area (Å²) >= 11 is 0. The first kappa shape index (κ1) is 23.0. The molecule has 1 amide bonds. The normalized spacial score (nSPS) is 15.7. The number of aryl methyl sites for hydroxylation is 2. The number of hydrogen-bond donors (Lipinski definition) is 0. The summed E-state index contributed by atoms with van der Waals surface area (Å²) in [7, 11) is 1.65. The Morgan fingerprint density at radius 1 is 0.943 bits per heavy atom. The molecule has 0 spiro atoms. The number of methoxy groups -OCH3 is 1. The third kappa shape index (κ3) is 4.74. The van der Waals surface area contributed by atoms with E-state index in [4.69, 9.17) is 14.5 Å². The van der Waals surface area contributed by atoms with Gasteiger partial charge < -0.3 is 18.9 Å². The van der Waals surface area contributed by atoms with E-state index in [0.717, 1.165) is 59.0 Å². The van der Waals surface area contributed by atoms with Gasteiger partial charge in [-0.25, -0.2) is 4.98 Å². The molecule has 35 heavy (non-hydrogen) atoms. The van der Waals surface area contributed by atoms with Crippen LogP contribution in [0.25, 0.3) is 11.0 Å². The van der Waals surface area contributed by atoms with Crippen molar-refractivity contribution in [1.82, 2.24) is 9.55 Å². The Bertz CT molecular complexity index is 1330. The lowest BCUT2D eigenvalue weighted by atomic mass is 10.1. The first-order valence-electron chi connectivity index (χ1n) is 12.2. The summed E-state index contributed by atoms with van der Waals surface area (Å²) in [5.41, 5.74) is 4.21. The van der Waals surface area contributed by atoms with Crippen LogP contribution in [-0.2, 0) is 11.3 Å². The van der Waals surface area contributed by atoms with E-state index in [1.165, 1.54) is 0 Å². The van der Waals surface area contributed by atoms with Crippen molar-refractivity contribution < 1.29 is 14.3 Å². The number of amides is 1. The molecule has 0 bridgehead atoms. The molecular weight excluding hydrogens is 438 g/mol. The van der Waals surface area contributed by atoms with Crippen molar-refractivity contribution in [1.29, 1.82) is 0 Å². The van der Waals surface area contributed by atoms with Gasteiger partial charge in [-0.05, 0) is 55.7 Å². The van der Waals surface area contributed by atoms with E-state index < -0.39 is 0 Å². The van der Waals surface area contributed by atoms with Gasteiger partial charge in [0, 0.05) is 31.1 Å². The largest absolute Gasteiger partial charge is 0.493 e. The first-order valence-corrected chi connectivity index (χ1v) is 12.2. The highest BCUT2D eigenvalue weighted by Gasteiger charge is 2.35. The zero-order valence-electron chi connectivity index (χ0n) is 20.3. The maximum atomic E-state index is 13.0. The summed E-state index contributed by atoms with van der Waals surface area (Å²) < 4.78 is 13.6. The SMILES string of the molecule is COc1ccccc1OCCCCn1c(C2CC(=O)N(c3ccccc3C)C2)nc2ccccc21. The third-order valence-electron chi connectivity index (χ3n) is 6.68. The van der Waals surface area contributed by atoms with Gasteiger partial charge in [0.1, 0.15) is 5.82 Å². The predicted molar refractivity (Wildman–Crippen MR) is 138 cm³/mol. The summed E-state index contributed by atoms with van der Waals surface area (Å²) in [6.45, 7) is 4.16. The molecule has 6 heteroatoms. The molecule has 6 nitrogen and oxygen atoms in total. The van der Waals surface area contributed by atoms with Crippen LogP contribution in [0.2, 0.25) is 0 Å². The van der Waals surface area contributed by atoms with E-state index in [0.29, 0.717) is 19.6 Å². The molecule has 3 aromatic carbocycles. The molecule has 1 atom stereocenters.